The summed E-state index contributed by atoms with van der Waals surface area (Å²) in [7, 11) is -3.93. The van der Waals surface area contributed by atoms with Crippen LogP contribution in [0.2, 0.25) is 5.02 Å². The highest BCUT2D eigenvalue weighted by Gasteiger charge is 2.33. The molecule has 0 saturated heterocycles. The molecule has 0 spiro atoms. The van der Waals surface area contributed by atoms with E-state index in [4.69, 9.17) is 11.6 Å². The first-order valence-electron chi connectivity index (χ1n) is 12.6. The van der Waals surface area contributed by atoms with E-state index < -0.39 is 34.3 Å². The second kappa shape index (κ2) is 13.6. The van der Waals surface area contributed by atoms with E-state index >= 15 is 0 Å². The lowest BCUT2D eigenvalue weighted by Gasteiger charge is -2.34. The Morgan fingerprint density at radius 1 is 0.974 bits per heavy atom. The average molecular weight is 574 g/mol. The molecule has 0 saturated carbocycles. The monoisotopic (exact) mass is 573 g/mol. The topological polar surface area (TPSA) is 86.8 Å². The number of halogens is 2. The van der Waals surface area contributed by atoms with Crippen molar-refractivity contribution in [3.63, 3.8) is 0 Å². The van der Waals surface area contributed by atoms with Gasteiger partial charge in [-0.1, -0.05) is 61.0 Å². The van der Waals surface area contributed by atoms with Crippen LogP contribution in [0.5, 0.6) is 0 Å². The first-order valence-corrected chi connectivity index (χ1v) is 14.8. The number of carbonyl (C=O) groups is 2. The molecular formula is C29H33ClFN3O4S. The molecule has 1 N–H and O–H groups in total. The van der Waals surface area contributed by atoms with Crippen molar-refractivity contribution in [1.82, 2.24) is 10.2 Å². The van der Waals surface area contributed by atoms with Crippen molar-refractivity contribution >= 4 is 39.1 Å². The van der Waals surface area contributed by atoms with Gasteiger partial charge in [-0.25, -0.2) is 12.8 Å². The molecule has 0 bridgehead atoms. The minimum absolute atomic E-state index is 0.0197. The van der Waals surface area contributed by atoms with E-state index in [0.717, 1.165) is 28.3 Å². The van der Waals surface area contributed by atoms with Crippen LogP contribution >= 0.6 is 11.6 Å². The summed E-state index contributed by atoms with van der Waals surface area (Å²) in [6.07, 6.45) is 1.88. The smallest absolute Gasteiger partial charge is 0.244 e. The minimum Gasteiger partial charge on any atom is -0.352 e. The van der Waals surface area contributed by atoms with Crippen LogP contribution in [-0.4, -0.2) is 50.0 Å². The van der Waals surface area contributed by atoms with Gasteiger partial charge in [0, 0.05) is 24.0 Å². The Kier molecular flexibility index (Phi) is 10.5. The van der Waals surface area contributed by atoms with Crippen molar-refractivity contribution in [3.05, 3.63) is 101 Å². The maximum atomic E-state index is 14.0. The fourth-order valence-electron chi connectivity index (χ4n) is 4.05. The Morgan fingerprint density at radius 2 is 1.62 bits per heavy atom. The number of rotatable bonds is 12. The fraction of sp³-hybridized carbons (Fsp3) is 0.310. The summed E-state index contributed by atoms with van der Waals surface area (Å²) in [5.41, 5.74) is 1.65. The molecule has 0 aromatic heterocycles. The highest BCUT2D eigenvalue weighted by Crippen LogP contribution is 2.21. The number of nitrogens with zero attached hydrogens (tertiary/aromatic N) is 2. The maximum absolute atomic E-state index is 14.0. The Bertz CT molecular complexity index is 1370. The molecule has 3 aromatic carbocycles. The normalized spacial score (nSPS) is 12.8. The van der Waals surface area contributed by atoms with Crippen LogP contribution in [0.1, 0.15) is 31.4 Å². The van der Waals surface area contributed by atoms with Gasteiger partial charge in [0.1, 0.15) is 18.4 Å². The van der Waals surface area contributed by atoms with Crippen LogP contribution in [0.4, 0.5) is 10.1 Å². The molecule has 208 valence electrons. The van der Waals surface area contributed by atoms with Gasteiger partial charge < -0.3 is 10.2 Å². The number of nitrogens with one attached hydrogen (secondary N) is 1. The third kappa shape index (κ3) is 8.80. The molecule has 0 heterocycles. The van der Waals surface area contributed by atoms with Crippen LogP contribution in [0, 0.1) is 5.82 Å². The summed E-state index contributed by atoms with van der Waals surface area (Å²) >= 11 is 6.20. The van der Waals surface area contributed by atoms with Gasteiger partial charge in [0.25, 0.3) is 0 Å². The summed E-state index contributed by atoms with van der Waals surface area (Å²) in [5.74, 6) is -1.48. The first-order chi connectivity index (χ1) is 18.5. The summed E-state index contributed by atoms with van der Waals surface area (Å²) < 4.78 is 39.9. The minimum atomic E-state index is -3.93. The van der Waals surface area contributed by atoms with E-state index in [2.05, 4.69) is 5.32 Å². The SMILES string of the molecule is CC[C@@H](C)NC(=O)[C@H](Cc1ccccc1)N(Cc1cccc(Cl)c1)C(=O)CN(c1ccc(F)cc1)S(C)(=O)=O. The van der Waals surface area contributed by atoms with Gasteiger partial charge >= 0.3 is 0 Å². The largest absolute Gasteiger partial charge is 0.352 e. The number of sulfonamides is 1. The van der Waals surface area contributed by atoms with Crippen molar-refractivity contribution in [2.24, 2.45) is 0 Å². The molecule has 2 atom stereocenters. The van der Waals surface area contributed by atoms with Gasteiger partial charge in [0.05, 0.1) is 11.9 Å². The molecule has 0 unspecified atom stereocenters. The van der Waals surface area contributed by atoms with E-state index in [-0.39, 0.29) is 30.6 Å². The van der Waals surface area contributed by atoms with Crippen molar-refractivity contribution < 1.29 is 22.4 Å². The quantitative estimate of drug-likeness (QED) is 0.337. The maximum Gasteiger partial charge on any atom is 0.244 e. The van der Waals surface area contributed by atoms with Crippen molar-refractivity contribution in [3.8, 4) is 0 Å². The van der Waals surface area contributed by atoms with Gasteiger partial charge in [-0.15, -0.1) is 0 Å². The Morgan fingerprint density at radius 3 is 2.21 bits per heavy atom. The van der Waals surface area contributed by atoms with Crippen LogP contribution in [0.3, 0.4) is 0 Å². The molecular weight excluding hydrogens is 541 g/mol. The first kappa shape index (κ1) is 30.1. The van der Waals surface area contributed by atoms with E-state index in [9.17, 15) is 22.4 Å². The van der Waals surface area contributed by atoms with E-state index in [1.165, 1.54) is 17.0 Å². The van der Waals surface area contributed by atoms with Gasteiger partial charge in [-0.3, -0.25) is 13.9 Å². The third-order valence-electron chi connectivity index (χ3n) is 6.31. The predicted molar refractivity (Wildman–Crippen MR) is 152 cm³/mol. The lowest BCUT2D eigenvalue weighted by Crippen LogP contribution is -2.54. The predicted octanol–water partition coefficient (Wildman–Crippen LogP) is 4.80. The molecule has 0 aliphatic carbocycles. The molecule has 3 aromatic rings. The van der Waals surface area contributed by atoms with Gasteiger partial charge in [0.2, 0.25) is 21.8 Å². The second-order valence-electron chi connectivity index (χ2n) is 9.42. The average Bonchev–Trinajstić information content (AvgIpc) is 2.89. The van der Waals surface area contributed by atoms with Gasteiger partial charge in [-0.05, 0) is 60.9 Å². The number of carbonyl (C=O) groups excluding carboxylic acids is 2. The van der Waals surface area contributed by atoms with Gasteiger partial charge in [0.15, 0.2) is 0 Å². The number of anilines is 1. The molecule has 39 heavy (non-hydrogen) atoms. The summed E-state index contributed by atoms with van der Waals surface area (Å²) in [5, 5.41) is 3.44. The highest BCUT2D eigenvalue weighted by molar-refractivity contribution is 7.92. The van der Waals surface area contributed by atoms with Crippen molar-refractivity contribution in [1.29, 1.82) is 0 Å². The molecule has 2 amide bonds. The summed E-state index contributed by atoms with van der Waals surface area (Å²) in [4.78, 5) is 28.9. The van der Waals surface area contributed by atoms with Crippen molar-refractivity contribution in [2.45, 2.75) is 45.3 Å². The van der Waals surface area contributed by atoms with Crippen molar-refractivity contribution in [2.75, 3.05) is 17.1 Å². The third-order valence-corrected chi connectivity index (χ3v) is 7.68. The molecule has 0 radical (unpaired) electrons. The standard InChI is InChI=1S/C29H33ClFN3O4S/c1-4-21(2)32-29(36)27(18-22-9-6-5-7-10-22)33(19-23-11-8-12-24(30)17-23)28(35)20-34(39(3,37)38)26-15-13-25(31)14-16-26/h5-17,21,27H,4,18-20H2,1-3H3,(H,32,36)/t21-,27+/m1/s1. The molecule has 10 heteroatoms. The number of hydrogen-bond acceptors (Lipinski definition) is 4. The van der Waals surface area contributed by atoms with E-state index in [1.54, 1.807) is 24.3 Å². The second-order valence-corrected chi connectivity index (χ2v) is 11.8. The van der Waals surface area contributed by atoms with Crippen LogP contribution < -0.4 is 9.62 Å². The number of hydrogen-bond donors (Lipinski definition) is 1. The Hall–Kier alpha value is -3.43. The molecule has 3 rings (SSSR count). The number of amides is 2. The van der Waals surface area contributed by atoms with Crippen LogP contribution in [0.15, 0.2) is 78.9 Å². The Labute approximate surface area is 234 Å². The zero-order valence-corrected chi connectivity index (χ0v) is 23.8. The summed E-state index contributed by atoms with van der Waals surface area (Å²) in [6.45, 7) is 3.26. The lowest BCUT2D eigenvalue weighted by molar-refractivity contribution is -0.140. The zero-order valence-electron chi connectivity index (χ0n) is 22.2. The van der Waals surface area contributed by atoms with E-state index in [1.807, 2.05) is 44.2 Å². The summed E-state index contributed by atoms with van der Waals surface area (Å²) in [6, 6.07) is 20.0. The fourth-order valence-corrected chi connectivity index (χ4v) is 5.11. The van der Waals surface area contributed by atoms with Crippen LogP contribution in [0.25, 0.3) is 0 Å². The Balaban J connectivity index is 2.05. The molecule has 0 aliphatic heterocycles. The molecule has 0 aliphatic rings. The van der Waals surface area contributed by atoms with Crippen LogP contribution in [-0.2, 0) is 32.6 Å². The lowest BCUT2D eigenvalue weighted by atomic mass is 10.0. The van der Waals surface area contributed by atoms with E-state index in [0.29, 0.717) is 17.0 Å². The van der Waals surface area contributed by atoms with Gasteiger partial charge in [-0.2, -0.15) is 0 Å². The molecule has 0 fully saturated rings. The number of benzene rings is 3. The zero-order chi connectivity index (χ0) is 28.6. The molecule has 7 nitrogen and oxygen atoms in total. The highest BCUT2D eigenvalue weighted by atomic mass is 35.5.